The Morgan fingerprint density at radius 3 is 2.68 bits per heavy atom. The molecule has 1 N–H and O–H groups in total. The molecule has 1 fully saturated rings. The number of H-pyrrole nitrogens is 1. The number of piperazine rings is 1. The first-order valence-electron chi connectivity index (χ1n) is 7.20. The molecule has 2 amide bonds. The number of aromatic nitrogens is 2. The van der Waals surface area contributed by atoms with E-state index in [1.165, 1.54) is 7.11 Å². The third kappa shape index (κ3) is 2.88. The molecular formula is C15H18N4O3. The molecule has 2 aromatic rings. The van der Waals surface area contributed by atoms with E-state index in [0.717, 1.165) is 16.6 Å². The minimum absolute atomic E-state index is 0.0726. The van der Waals surface area contributed by atoms with Crippen LogP contribution < -0.4 is 0 Å². The molecule has 0 aliphatic carbocycles. The second kappa shape index (κ2) is 6.05. The van der Waals surface area contributed by atoms with Gasteiger partial charge in [0.05, 0.1) is 30.9 Å². The van der Waals surface area contributed by atoms with E-state index in [9.17, 15) is 9.59 Å². The molecule has 0 bridgehead atoms. The van der Waals surface area contributed by atoms with E-state index in [1.54, 1.807) is 16.1 Å². The number of hydrogen-bond donors (Lipinski definition) is 1. The van der Waals surface area contributed by atoms with Gasteiger partial charge in [-0.15, -0.1) is 0 Å². The number of rotatable bonds is 2. The highest BCUT2D eigenvalue weighted by Gasteiger charge is 2.24. The van der Waals surface area contributed by atoms with Crippen molar-refractivity contribution >= 4 is 23.0 Å². The standard InChI is InChI=1S/C15H18N4O3/c1-22-15(21)19-6-4-18(5-7-19)14(20)9-11-2-3-12-13(8-11)17-10-16-12/h2-3,8,10H,4-7,9H2,1H3,(H,16,17). The normalized spacial score (nSPS) is 15.1. The topological polar surface area (TPSA) is 78.5 Å². The zero-order valence-corrected chi connectivity index (χ0v) is 12.4. The average molecular weight is 302 g/mol. The molecule has 3 rings (SSSR count). The van der Waals surface area contributed by atoms with Crippen LogP contribution in [0.3, 0.4) is 0 Å². The molecule has 0 radical (unpaired) electrons. The van der Waals surface area contributed by atoms with Gasteiger partial charge in [0.2, 0.25) is 5.91 Å². The van der Waals surface area contributed by atoms with Crippen molar-refractivity contribution in [3.8, 4) is 0 Å². The molecule has 22 heavy (non-hydrogen) atoms. The van der Waals surface area contributed by atoms with E-state index < -0.39 is 0 Å². The fourth-order valence-corrected chi connectivity index (χ4v) is 2.65. The molecule has 116 valence electrons. The molecule has 0 spiro atoms. The van der Waals surface area contributed by atoms with Crippen molar-refractivity contribution in [3.05, 3.63) is 30.1 Å². The highest BCUT2D eigenvalue weighted by Crippen LogP contribution is 2.13. The molecule has 1 aromatic carbocycles. The molecule has 2 heterocycles. The van der Waals surface area contributed by atoms with Crippen LogP contribution in [0.2, 0.25) is 0 Å². The molecule has 1 aliphatic rings. The Hall–Kier alpha value is -2.57. The van der Waals surface area contributed by atoms with Crippen LogP contribution >= 0.6 is 0 Å². The number of ether oxygens (including phenoxy) is 1. The van der Waals surface area contributed by atoms with Crippen LogP contribution in [0, 0.1) is 0 Å². The van der Waals surface area contributed by atoms with Gasteiger partial charge in [-0.3, -0.25) is 4.79 Å². The number of fused-ring (bicyclic) bond motifs is 1. The number of amides is 2. The first kappa shape index (κ1) is 14.4. The summed E-state index contributed by atoms with van der Waals surface area (Å²) < 4.78 is 4.69. The highest BCUT2D eigenvalue weighted by atomic mass is 16.5. The summed E-state index contributed by atoms with van der Waals surface area (Å²) in [6.07, 6.45) is 1.66. The van der Waals surface area contributed by atoms with Gasteiger partial charge in [-0.05, 0) is 17.7 Å². The Balaban J connectivity index is 1.59. The average Bonchev–Trinajstić information content (AvgIpc) is 3.02. The smallest absolute Gasteiger partial charge is 0.409 e. The maximum absolute atomic E-state index is 12.4. The van der Waals surface area contributed by atoms with E-state index in [4.69, 9.17) is 0 Å². The molecule has 7 heteroatoms. The minimum atomic E-state index is -0.336. The zero-order chi connectivity index (χ0) is 15.5. The summed E-state index contributed by atoms with van der Waals surface area (Å²) in [4.78, 5) is 34.4. The van der Waals surface area contributed by atoms with Crippen molar-refractivity contribution < 1.29 is 14.3 Å². The van der Waals surface area contributed by atoms with Crippen LogP contribution in [0.1, 0.15) is 5.56 Å². The number of aromatic amines is 1. The summed E-state index contributed by atoms with van der Waals surface area (Å²) in [7, 11) is 1.37. The predicted octanol–water partition coefficient (Wildman–Crippen LogP) is 1.02. The first-order chi connectivity index (χ1) is 10.7. The largest absolute Gasteiger partial charge is 0.453 e. The van der Waals surface area contributed by atoms with Gasteiger partial charge in [0.1, 0.15) is 0 Å². The summed E-state index contributed by atoms with van der Waals surface area (Å²) in [5.41, 5.74) is 2.78. The molecule has 0 saturated carbocycles. The summed E-state index contributed by atoms with van der Waals surface area (Å²) in [6, 6.07) is 5.78. The van der Waals surface area contributed by atoms with Crippen molar-refractivity contribution in [1.29, 1.82) is 0 Å². The third-order valence-corrected chi connectivity index (χ3v) is 3.91. The number of hydrogen-bond acceptors (Lipinski definition) is 4. The van der Waals surface area contributed by atoms with E-state index >= 15 is 0 Å². The maximum atomic E-state index is 12.4. The second-order valence-electron chi connectivity index (χ2n) is 5.27. The number of methoxy groups -OCH3 is 1. The van der Waals surface area contributed by atoms with Gasteiger partial charge in [0, 0.05) is 26.2 Å². The van der Waals surface area contributed by atoms with Gasteiger partial charge in [0.15, 0.2) is 0 Å². The summed E-state index contributed by atoms with van der Waals surface area (Å²) in [5, 5.41) is 0. The van der Waals surface area contributed by atoms with Crippen molar-refractivity contribution in [2.45, 2.75) is 6.42 Å². The predicted molar refractivity (Wildman–Crippen MR) is 80.4 cm³/mol. The van der Waals surface area contributed by atoms with Crippen LogP contribution in [0.4, 0.5) is 4.79 Å². The molecule has 1 saturated heterocycles. The summed E-state index contributed by atoms with van der Waals surface area (Å²) in [6.45, 7) is 2.11. The first-order valence-corrected chi connectivity index (χ1v) is 7.20. The van der Waals surface area contributed by atoms with Crippen LogP contribution in [-0.2, 0) is 16.0 Å². The van der Waals surface area contributed by atoms with Crippen molar-refractivity contribution in [1.82, 2.24) is 19.8 Å². The lowest BCUT2D eigenvalue weighted by molar-refractivity contribution is -0.132. The SMILES string of the molecule is COC(=O)N1CCN(C(=O)Cc2ccc3nc[nH]c3c2)CC1. The van der Waals surface area contributed by atoms with Crippen molar-refractivity contribution in [2.75, 3.05) is 33.3 Å². The van der Waals surface area contributed by atoms with Crippen molar-refractivity contribution in [2.24, 2.45) is 0 Å². The Morgan fingerprint density at radius 1 is 1.23 bits per heavy atom. The van der Waals surface area contributed by atoms with Crippen LogP contribution in [0.15, 0.2) is 24.5 Å². The van der Waals surface area contributed by atoms with Gasteiger partial charge >= 0.3 is 6.09 Å². The second-order valence-corrected chi connectivity index (χ2v) is 5.27. The third-order valence-electron chi connectivity index (χ3n) is 3.91. The Kier molecular flexibility index (Phi) is 3.95. The summed E-state index contributed by atoms with van der Waals surface area (Å²) in [5.74, 6) is 0.0726. The summed E-state index contributed by atoms with van der Waals surface area (Å²) >= 11 is 0. The lowest BCUT2D eigenvalue weighted by Crippen LogP contribution is -2.50. The van der Waals surface area contributed by atoms with Gasteiger partial charge in [-0.1, -0.05) is 6.07 Å². The van der Waals surface area contributed by atoms with E-state index in [0.29, 0.717) is 32.6 Å². The Morgan fingerprint density at radius 2 is 1.95 bits per heavy atom. The van der Waals surface area contributed by atoms with E-state index in [1.807, 2.05) is 18.2 Å². The number of nitrogens with zero attached hydrogens (tertiary/aromatic N) is 3. The maximum Gasteiger partial charge on any atom is 0.409 e. The van der Waals surface area contributed by atoms with Crippen molar-refractivity contribution in [3.63, 3.8) is 0 Å². The molecule has 1 aromatic heterocycles. The molecule has 0 unspecified atom stereocenters. The number of benzene rings is 1. The highest BCUT2D eigenvalue weighted by molar-refractivity contribution is 5.82. The van der Waals surface area contributed by atoms with Gasteiger partial charge in [-0.2, -0.15) is 0 Å². The van der Waals surface area contributed by atoms with Crippen LogP contribution in [0.25, 0.3) is 11.0 Å². The quantitative estimate of drug-likeness (QED) is 0.898. The van der Waals surface area contributed by atoms with Gasteiger partial charge < -0.3 is 19.5 Å². The monoisotopic (exact) mass is 302 g/mol. The zero-order valence-electron chi connectivity index (χ0n) is 12.4. The number of imidazole rings is 1. The lowest BCUT2D eigenvalue weighted by atomic mass is 10.1. The Labute approximate surface area is 127 Å². The fraction of sp³-hybridized carbons (Fsp3) is 0.400. The van der Waals surface area contributed by atoms with Crippen LogP contribution in [0.5, 0.6) is 0 Å². The molecule has 0 atom stereocenters. The number of nitrogens with one attached hydrogen (secondary N) is 1. The fourth-order valence-electron chi connectivity index (χ4n) is 2.65. The minimum Gasteiger partial charge on any atom is -0.453 e. The Bertz CT molecular complexity index is 689. The van der Waals surface area contributed by atoms with Crippen LogP contribution in [-0.4, -0.2) is 65.1 Å². The lowest BCUT2D eigenvalue weighted by Gasteiger charge is -2.33. The van der Waals surface area contributed by atoms with E-state index in [2.05, 4.69) is 14.7 Å². The number of carbonyl (C=O) groups excluding carboxylic acids is 2. The molecule has 1 aliphatic heterocycles. The molecular weight excluding hydrogens is 284 g/mol. The van der Waals surface area contributed by atoms with Gasteiger partial charge in [0.25, 0.3) is 0 Å². The molecule has 7 nitrogen and oxygen atoms in total. The number of carbonyl (C=O) groups is 2. The van der Waals surface area contributed by atoms with Gasteiger partial charge in [-0.25, -0.2) is 9.78 Å². The van der Waals surface area contributed by atoms with E-state index in [-0.39, 0.29) is 12.0 Å².